The molecule has 11 rings (SSSR count). The number of ketones is 1. The third-order valence-corrected chi connectivity index (χ3v) is 17.7. The number of benzene rings is 2. The Balaban J connectivity index is 0.637. The first-order valence-electron chi connectivity index (χ1n) is 24.4. The summed E-state index contributed by atoms with van der Waals surface area (Å²) >= 11 is 0. The van der Waals surface area contributed by atoms with E-state index in [2.05, 4.69) is 21.9 Å². The number of Topliss-reactive ketones (excluding diaryl/α,β-unsaturated/α-hetero) is 1. The van der Waals surface area contributed by atoms with Gasteiger partial charge < -0.3 is 19.3 Å². The minimum Gasteiger partial charge on any atom is -0.477 e. The van der Waals surface area contributed by atoms with Crippen molar-refractivity contribution in [3.63, 3.8) is 0 Å². The molecule has 6 aliphatic carbocycles. The molecule has 60 heavy (non-hydrogen) atoms. The van der Waals surface area contributed by atoms with Crippen LogP contribution in [0.1, 0.15) is 157 Å². The normalized spacial score (nSPS) is 33.9. The fourth-order valence-corrected chi connectivity index (χ4v) is 14.3. The number of carbonyl (C=O) groups is 3. The zero-order valence-corrected chi connectivity index (χ0v) is 35.7. The summed E-state index contributed by atoms with van der Waals surface area (Å²) in [6.45, 7) is 4.38. The molecule has 3 heterocycles. The van der Waals surface area contributed by atoms with E-state index in [-0.39, 0.29) is 29.2 Å². The van der Waals surface area contributed by atoms with Crippen molar-refractivity contribution >= 4 is 17.7 Å². The van der Waals surface area contributed by atoms with Crippen LogP contribution in [0.25, 0.3) is 0 Å². The molecule has 7 atom stereocenters. The summed E-state index contributed by atoms with van der Waals surface area (Å²) in [5.41, 5.74) is 3.47. The van der Waals surface area contributed by atoms with Crippen LogP contribution < -0.4 is 14.2 Å². The minimum atomic E-state index is -1.03. The average Bonchev–Trinajstić information content (AvgIpc) is 3.97. The molecule has 2 saturated heterocycles. The van der Waals surface area contributed by atoms with Crippen molar-refractivity contribution in [3.8, 4) is 17.2 Å². The molecule has 6 fully saturated rings. The van der Waals surface area contributed by atoms with Crippen molar-refractivity contribution in [2.24, 2.45) is 17.8 Å². The summed E-state index contributed by atoms with van der Waals surface area (Å²) in [7, 11) is 0. The standard InChI is InChI=1S/C51H66N2O7/c54-41-21-23-51(57)43-29-36-18-20-42(47-46(36)50(51,48(41)60-47)25-27-53(43)32-34-15-16-34)59-45(56)14-6-4-2-1-3-5-13-44(55)58-37-19-17-35-28-40-38-12-7-8-22-49(38,39(35)30-37)24-26-52(40)31-33-10-9-11-33/h17-20,30,33-34,38,40,43,48,57H,1-16,21-29,31-32H2/t38-,40-,43+,48-,49-,50-,51+/m0/s1. The first-order chi connectivity index (χ1) is 29.3. The van der Waals surface area contributed by atoms with Crippen molar-refractivity contribution in [1.82, 2.24) is 9.80 Å². The molecule has 9 aliphatic rings. The number of likely N-dealkylation sites (tertiary alicyclic amines) is 2. The Labute approximate surface area is 356 Å². The lowest BCUT2D eigenvalue weighted by Crippen LogP contribution is -2.76. The van der Waals surface area contributed by atoms with Gasteiger partial charge in [0.05, 0.1) is 11.0 Å². The number of nitrogens with zero attached hydrogens (tertiary/aromatic N) is 2. The minimum absolute atomic E-state index is 0.0246. The van der Waals surface area contributed by atoms with Crippen LogP contribution in [0.2, 0.25) is 0 Å². The van der Waals surface area contributed by atoms with Gasteiger partial charge in [-0.3, -0.25) is 24.2 Å². The molecule has 3 aliphatic heterocycles. The smallest absolute Gasteiger partial charge is 0.311 e. The lowest BCUT2D eigenvalue weighted by Gasteiger charge is -2.62. The number of unbranched alkanes of at least 4 members (excludes halogenated alkanes) is 5. The highest BCUT2D eigenvalue weighted by Gasteiger charge is 2.73. The number of hydrogen-bond acceptors (Lipinski definition) is 9. The summed E-state index contributed by atoms with van der Waals surface area (Å²) in [5.74, 6) is 3.59. The van der Waals surface area contributed by atoms with E-state index < -0.39 is 17.1 Å². The Morgan fingerprint density at radius 3 is 2.27 bits per heavy atom. The molecule has 9 heteroatoms. The van der Waals surface area contributed by atoms with Crippen molar-refractivity contribution < 1.29 is 33.7 Å². The van der Waals surface area contributed by atoms with Crippen molar-refractivity contribution in [2.45, 2.75) is 182 Å². The van der Waals surface area contributed by atoms with E-state index in [1.54, 1.807) is 0 Å². The summed E-state index contributed by atoms with van der Waals surface area (Å²) in [5, 5.41) is 12.5. The maximum atomic E-state index is 13.4. The predicted molar refractivity (Wildman–Crippen MR) is 227 cm³/mol. The number of ether oxygens (including phenoxy) is 3. The third kappa shape index (κ3) is 6.52. The van der Waals surface area contributed by atoms with Crippen LogP contribution >= 0.6 is 0 Å². The molecule has 2 aromatic carbocycles. The van der Waals surface area contributed by atoms with Gasteiger partial charge in [0.1, 0.15) is 5.75 Å². The van der Waals surface area contributed by atoms with E-state index in [0.717, 1.165) is 99.1 Å². The number of aliphatic hydroxyl groups is 1. The zero-order valence-electron chi connectivity index (χ0n) is 35.7. The maximum Gasteiger partial charge on any atom is 0.311 e. The van der Waals surface area contributed by atoms with E-state index in [1.165, 1.54) is 88.4 Å². The molecule has 9 nitrogen and oxygen atoms in total. The summed E-state index contributed by atoms with van der Waals surface area (Å²) in [4.78, 5) is 44.9. The Kier molecular flexibility index (Phi) is 10.2. The monoisotopic (exact) mass is 818 g/mol. The molecular weight excluding hydrogens is 753 g/mol. The van der Waals surface area contributed by atoms with Gasteiger partial charge in [-0.15, -0.1) is 0 Å². The maximum absolute atomic E-state index is 13.4. The van der Waals surface area contributed by atoms with Gasteiger partial charge in [0.15, 0.2) is 23.4 Å². The second-order valence-corrected chi connectivity index (χ2v) is 20.9. The van der Waals surface area contributed by atoms with Crippen molar-refractivity contribution in [3.05, 3.63) is 52.6 Å². The van der Waals surface area contributed by atoms with Crippen molar-refractivity contribution in [1.29, 1.82) is 0 Å². The van der Waals surface area contributed by atoms with Crippen LogP contribution in [0.5, 0.6) is 17.2 Å². The Hall–Kier alpha value is -3.27. The molecule has 4 bridgehead atoms. The first-order valence-corrected chi connectivity index (χ1v) is 24.4. The summed E-state index contributed by atoms with van der Waals surface area (Å²) in [6.07, 6.45) is 22.0. The van der Waals surface area contributed by atoms with Crippen LogP contribution in [0.4, 0.5) is 0 Å². The van der Waals surface area contributed by atoms with E-state index in [4.69, 9.17) is 14.2 Å². The summed E-state index contributed by atoms with van der Waals surface area (Å²) in [6, 6.07) is 11.1. The van der Waals surface area contributed by atoms with Crippen LogP contribution in [0.15, 0.2) is 30.3 Å². The fraction of sp³-hybridized carbons (Fsp3) is 0.706. The molecule has 1 spiro atoms. The number of esters is 2. The number of piperidine rings is 2. The van der Waals surface area contributed by atoms with Crippen LogP contribution in [-0.4, -0.2) is 82.6 Å². The molecule has 0 aromatic heterocycles. The number of carbonyl (C=O) groups excluding carboxylic acids is 3. The topological polar surface area (TPSA) is 106 Å². The molecule has 0 amide bonds. The quantitative estimate of drug-likeness (QED) is 0.108. The lowest BCUT2D eigenvalue weighted by molar-refractivity contribution is -0.188. The van der Waals surface area contributed by atoms with Gasteiger partial charge in [0.2, 0.25) is 0 Å². The van der Waals surface area contributed by atoms with E-state index in [0.29, 0.717) is 49.6 Å². The number of hydrogen-bond donors (Lipinski definition) is 1. The van der Waals surface area contributed by atoms with Crippen molar-refractivity contribution in [2.75, 3.05) is 26.2 Å². The van der Waals surface area contributed by atoms with Gasteiger partial charge >= 0.3 is 11.9 Å². The van der Waals surface area contributed by atoms with E-state index in [9.17, 15) is 19.5 Å². The second-order valence-electron chi connectivity index (χ2n) is 20.9. The van der Waals surface area contributed by atoms with E-state index in [1.807, 2.05) is 18.2 Å². The van der Waals surface area contributed by atoms with Gasteiger partial charge in [-0.1, -0.05) is 57.1 Å². The molecule has 322 valence electrons. The number of fused-ring (bicyclic) bond motifs is 1. The fourth-order valence-electron chi connectivity index (χ4n) is 14.3. The van der Waals surface area contributed by atoms with Gasteiger partial charge in [0, 0.05) is 55.4 Å². The SMILES string of the molecule is O=C(CCCCCCCCC(=O)Oc1ccc2c3c1O[C@H]1C(=O)CC[C@@]4(O)[C@@H](C2)N(CC2CC2)CC[C@]314)Oc1ccc2c(c1)[C@]13CCCC[C@H]1[C@H](C2)N(CC1CCC1)CC3. The lowest BCUT2D eigenvalue weighted by atomic mass is 9.49. The van der Waals surface area contributed by atoms with Gasteiger partial charge in [-0.05, 0) is 149 Å². The molecule has 0 radical (unpaired) electrons. The zero-order chi connectivity index (χ0) is 40.6. The van der Waals surface area contributed by atoms with Gasteiger partial charge in [-0.25, -0.2) is 0 Å². The second kappa shape index (κ2) is 15.5. The Bertz CT molecular complexity index is 2030. The Morgan fingerprint density at radius 2 is 1.48 bits per heavy atom. The van der Waals surface area contributed by atoms with Crippen LogP contribution in [0.3, 0.4) is 0 Å². The molecular formula is C51H66N2O7. The highest BCUT2D eigenvalue weighted by molar-refractivity contribution is 5.90. The number of rotatable bonds is 15. The van der Waals surface area contributed by atoms with Gasteiger partial charge in [0.25, 0.3) is 0 Å². The predicted octanol–water partition coefficient (Wildman–Crippen LogP) is 8.31. The first kappa shape index (κ1) is 39.6. The van der Waals surface area contributed by atoms with E-state index >= 15 is 0 Å². The molecule has 2 aromatic rings. The molecule has 4 saturated carbocycles. The molecule has 1 N–H and O–H groups in total. The summed E-state index contributed by atoms with van der Waals surface area (Å²) < 4.78 is 18.4. The Morgan fingerprint density at radius 1 is 0.750 bits per heavy atom. The largest absolute Gasteiger partial charge is 0.477 e. The highest BCUT2D eigenvalue weighted by atomic mass is 16.6. The third-order valence-electron chi connectivity index (χ3n) is 17.7. The highest BCUT2D eigenvalue weighted by Crippen LogP contribution is 2.65. The van der Waals surface area contributed by atoms with Crippen LogP contribution in [0, 0.1) is 17.8 Å². The van der Waals surface area contributed by atoms with Gasteiger partial charge in [-0.2, -0.15) is 0 Å². The average molecular weight is 819 g/mol. The molecule has 0 unspecified atom stereocenters. The van der Waals surface area contributed by atoms with Crippen LogP contribution in [-0.2, 0) is 38.1 Å².